The normalized spacial score (nSPS) is 10.1. The molecule has 0 atom stereocenters. The zero-order valence-electron chi connectivity index (χ0n) is 11.4. The Morgan fingerprint density at radius 2 is 1.71 bits per heavy atom. The van der Waals surface area contributed by atoms with Crippen molar-refractivity contribution in [3.63, 3.8) is 0 Å². The van der Waals surface area contributed by atoms with Crippen molar-refractivity contribution in [3.05, 3.63) is 59.4 Å². The van der Waals surface area contributed by atoms with Crippen LogP contribution in [0, 0.1) is 0 Å². The van der Waals surface area contributed by atoms with Gasteiger partial charge in [0.15, 0.2) is 6.61 Å². The number of hydrogen-bond donors (Lipinski definition) is 1. The number of esters is 1. The highest BCUT2D eigenvalue weighted by molar-refractivity contribution is 5.99. The van der Waals surface area contributed by atoms with Gasteiger partial charge in [-0.2, -0.15) is 0 Å². The second-order valence-corrected chi connectivity index (χ2v) is 4.45. The van der Waals surface area contributed by atoms with E-state index in [0.29, 0.717) is 11.3 Å². The maximum atomic E-state index is 11.8. The van der Waals surface area contributed by atoms with Crippen LogP contribution in [0.15, 0.2) is 42.6 Å². The molecule has 0 radical (unpaired) electrons. The zero-order valence-corrected chi connectivity index (χ0v) is 11.4. The van der Waals surface area contributed by atoms with Crippen LogP contribution >= 0.6 is 0 Å². The number of carbonyl (C=O) groups excluding carboxylic acids is 3. The smallest absolute Gasteiger partial charge is 0.338 e. The number of nitrogens with zero attached hydrogens (tertiary/aromatic N) is 1. The van der Waals surface area contributed by atoms with Crippen molar-refractivity contribution < 1.29 is 19.1 Å². The van der Waals surface area contributed by atoms with E-state index >= 15 is 0 Å². The van der Waals surface area contributed by atoms with Crippen molar-refractivity contribution in [1.29, 1.82) is 0 Å². The van der Waals surface area contributed by atoms with Crippen molar-refractivity contribution in [1.82, 2.24) is 4.57 Å². The third-order valence-electron chi connectivity index (χ3n) is 2.97. The van der Waals surface area contributed by atoms with Gasteiger partial charge in [-0.3, -0.25) is 9.59 Å². The number of nitrogens with two attached hydrogens (primary N) is 1. The molecule has 0 aliphatic rings. The highest BCUT2D eigenvalue weighted by Gasteiger charge is 2.14. The molecule has 0 saturated carbocycles. The van der Waals surface area contributed by atoms with Gasteiger partial charge >= 0.3 is 5.97 Å². The molecule has 6 heteroatoms. The van der Waals surface area contributed by atoms with Gasteiger partial charge in [0.25, 0.3) is 0 Å². The summed E-state index contributed by atoms with van der Waals surface area (Å²) < 4.78 is 6.60. The number of hydrogen-bond acceptors (Lipinski definition) is 4. The number of aryl methyl sites for hydroxylation is 1. The lowest BCUT2D eigenvalue weighted by molar-refractivity contribution is 0.0472. The van der Waals surface area contributed by atoms with Crippen molar-refractivity contribution in [2.75, 3.05) is 6.61 Å². The predicted molar refractivity (Wildman–Crippen MR) is 75.0 cm³/mol. The van der Waals surface area contributed by atoms with Gasteiger partial charge in [0, 0.05) is 18.8 Å². The quantitative estimate of drug-likeness (QED) is 0.659. The maximum Gasteiger partial charge on any atom is 0.338 e. The number of ether oxygens (including phenoxy) is 1. The van der Waals surface area contributed by atoms with E-state index in [1.54, 1.807) is 29.9 Å². The Balaban J connectivity index is 1.97. The Morgan fingerprint density at radius 1 is 1.10 bits per heavy atom. The van der Waals surface area contributed by atoms with E-state index in [-0.39, 0.29) is 18.0 Å². The molecule has 6 nitrogen and oxygen atoms in total. The lowest BCUT2D eigenvalue weighted by Crippen LogP contribution is -2.16. The zero-order chi connectivity index (χ0) is 15.4. The predicted octanol–water partition coefficient (Wildman–Crippen LogP) is 1.16. The molecule has 1 heterocycles. The van der Waals surface area contributed by atoms with Gasteiger partial charge in [0.1, 0.15) is 0 Å². The summed E-state index contributed by atoms with van der Waals surface area (Å²) in [5, 5.41) is 0. The number of amides is 1. The molecule has 0 aliphatic carbocycles. The number of carbonyl (C=O) groups is 3. The maximum absolute atomic E-state index is 11.8. The highest BCUT2D eigenvalue weighted by atomic mass is 16.5. The number of rotatable bonds is 5. The molecule has 108 valence electrons. The summed E-state index contributed by atoms with van der Waals surface area (Å²) in [4.78, 5) is 34.6. The van der Waals surface area contributed by atoms with E-state index in [4.69, 9.17) is 10.5 Å². The van der Waals surface area contributed by atoms with Gasteiger partial charge in [-0.05, 0) is 36.4 Å². The average molecular weight is 286 g/mol. The Morgan fingerprint density at radius 3 is 2.24 bits per heavy atom. The fraction of sp³-hybridized carbons (Fsp3) is 0.133. The monoisotopic (exact) mass is 286 g/mol. The van der Waals surface area contributed by atoms with E-state index < -0.39 is 11.9 Å². The number of primary amides is 1. The Kier molecular flexibility index (Phi) is 4.18. The summed E-state index contributed by atoms with van der Waals surface area (Å²) in [6, 6.07) is 9.09. The minimum absolute atomic E-state index is 0.250. The van der Waals surface area contributed by atoms with E-state index in [9.17, 15) is 14.4 Å². The highest BCUT2D eigenvalue weighted by Crippen LogP contribution is 2.07. The van der Waals surface area contributed by atoms with Crippen LogP contribution in [0.4, 0.5) is 0 Å². The van der Waals surface area contributed by atoms with Crippen molar-refractivity contribution >= 4 is 17.7 Å². The van der Waals surface area contributed by atoms with Gasteiger partial charge in [-0.25, -0.2) is 4.79 Å². The van der Waals surface area contributed by atoms with Crippen LogP contribution in [0.3, 0.4) is 0 Å². The minimum atomic E-state index is -0.631. The summed E-state index contributed by atoms with van der Waals surface area (Å²) in [5.41, 5.74) is 6.12. The SMILES string of the molecule is Cn1cccc1C(=O)COC(=O)c1ccc(C(N)=O)cc1. The van der Waals surface area contributed by atoms with Gasteiger partial charge in [-0.15, -0.1) is 0 Å². The molecule has 2 rings (SSSR count). The first-order chi connectivity index (χ1) is 9.99. The van der Waals surface area contributed by atoms with E-state index in [0.717, 1.165) is 0 Å². The molecule has 0 spiro atoms. The lowest BCUT2D eigenvalue weighted by atomic mass is 10.1. The number of benzene rings is 1. The van der Waals surface area contributed by atoms with Crippen molar-refractivity contribution in [2.45, 2.75) is 0 Å². The van der Waals surface area contributed by atoms with E-state index in [1.165, 1.54) is 24.3 Å². The number of aromatic nitrogens is 1. The van der Waals surface area contributed by atoms with Crippen LogP contribution < -0.4 is 5.73 Å². The Hall–Kier alpha value is -2.89. The van der Waals surface area contributed by atoms with Gasteiger partial charge in [0.2, 0.25) is 11.7 Å². The van der Waals surface area contributed by atoms with Crippen LogP contribution in [0.5, 0.6) is 0 Å². The fourth-order valence-electron chi connectivity index (χ4n) is 1.81. The van der Waals surface area contributed by atoms with Crippen LogP contribution in [0.25, 0.3) is 0 Å². The summed E-state index contributed by atoms with van der Waals surface area (Å²) in [6.07, 6.45) is 1.73. The number of ketones is 1. The van der Waals surface area contributed by atoms with Gasteiger partial charge in [0.05, 0.1) is 11.3 Å². The summed E-state index contributed by atoms with van der Waals surface area (Å²) >= 11 is 0. The molecule has 0 aliphatic heterocycles. The van der Waals surface area contributed by atoms with Gasteiger partial charge in [-0.1, -0.05) is 0 Å². The molecule has 0 bridgehead atoms. The number of Topliss-reactive ketones (excluding diaryl/α,β-unsaturated/α-hetero) is 1. The van der Waals surface area contributed by atoms with Crippen molar-refractivity contribution in [2.24, 2.45) is 12.8 Å². The molecule has 1 aromatic carbocycles. The van der Waals surface area contributed by atoms with Crippen LogP contribution in [0.2, 0.25) is 0 Å². The molecule has 2 N–H and O–H groups in total. The Bertz CT molecular complexity index is 686. The molecule has 1 amide bonds. The molecular formula is C15H14N2O4. The van der Waals surface area contributed by atoms with Crippen LogP contribution in [-0.4, -0.2) is 28.8 Å². The molecule has 0 unspecified atom stereocenters. The summed E-state index contributed by atoms with van der Waals surface area (Å²) in [5.74, 6) is -1.49. The van der Waals surface area contributed by atoms with E-state index in [2.05, 4.69) is 0 Å². The molecule has 21 heavy (non-hydrogen) atoms. The third kappa shape index (κ3) is 3.36. The average Bonchev–Trinajstić information content (AvgIpc) is 2.90. The van der Waals surface area contributed by atoms with Crippen LogP contribution in [0.1, 0.15) is 31.2 Å². The first-order valence-corrected chi connectivity index (χ1v) is 6.20. The largest absolute Gasteiger partial charge is 0.454 e. The third-order valence-corrected chi connectivity index (χ3v) is 2.97. The summed E-state index contributed by atoms with van der Waals surface area (Å²) in [6.45, 7) is -0.339. The second-order valence-electron chi connectivity index (χ2n) is 4.45. The summed E-state index contributed by atoms with van der Waals surface area (Å²) in [7, 11) is 1.73. The van der Waals surface area contributed by atoms with E-state index in [1.807, 2.05) is 0 Å². The van der Waals surface area contributed by atoms with Crippen LogP contribution in [-0.2, 0) is 11.8 Å². The Labute approximate surface area is 121 Å². The molecular weight excluding hydrogens is 272 g/mol. The molecule has 0 fully saturated rings. The standard InChI is InChI=1S/C15H14N2O4/c1-17-8-2-3-12(17)13(18)9-21-15(20)11-6-4-10(5-7-11)14(16)19/h2-8H,9H2,1H3,(H2,16,19). The first kappa shape index (κ1) is 14.5. The molecule has 0 saturated heterocycles. The fourth-order valence-corrected chi connectivity index (χ4v) is 1.81. The molecule has 2 aromatic rings. The lowest BCUT2D eigenvalue weighted by Gasteiger charge is -2.05. The minimum Gasteiger partial charge on any atom is -0.454 e. The molecule has 1 aromatic heterocycles. The second kappa shape index (κ2) is 6.04. The van der Waals surface area contributed by atoms with Crippen molar-refractivity contribution in [3.8, 4) is 0 Å². The van der Waals surface area contributed by atoms with Gasteiger partial charge < -0.3 is 15.0 Å². The first-order valence-electron chi connectivity index (χ1n) is 6.20. The topological polar surface area (TPSA) is 91.4 Å².